The number of carbonyl (C=O) groups is 1. The molecule has 0 saturated carbocycles. The summed E-state index contributed by atoms with van der Waals surface area (Å²) >= 11 is 0. The summed E-state index contributed by atoms with van der Waals surface area (Å²) in [5.74, 6) is 0.398. The van der Waals surface area contributed by atoms with E-state index >= 15 is 0 Å². The number of fused-ring (bicyclic) bond motifs is 2. The van der Waals surface area contributed by atoms with E-state index in [1.54, 1.807) is 25.4 Å². The second-order valence-corrected chi connectivity index (χ2v) is 13.7. The van der Waals surface area contributed by atoms with E-state index in [2.05, 4.69) is 16.7 Å². The van der Waals surface area contributed by atoms with E-state index in [0.717, 1.165) is 52.9 Å². The van der Waals surface area contributed by atoms with Crippen LogP contribution in [0.15, 0.2) is 71.8 Å². The fourth-order valence-corrected chi connectivity index (χ4v) is 8.33. The minimum Gasteiger partial charge on any atom is -0.496 e. The SMILES string of the molecule is COC(=O)c1ccc(C2CN3[C@@H](CC[C@@H]3C)CN2Cc2c(OC)cc(C)c3c2ccn3S(=O)(=O)c2ccc(C)cc2)cc1. The molecule has 2 aliphatic rings. The van der Waals surface area contributed by atoms with Crippen LogP contribution in [-0.2, 0) is 21.3 Å². The van der Waals surface area contributed by atoms with E-state index in [0.29, 0.717) is 29.7 Å². The molecule has 4 aromatic rings. The number of hydrogen-bond acceptors (Lipinski definition) is 7. The molecular formula is C34H39N3O5S. The number of rotatable bonds is 7. The summed E-state index contributed by atoms with van der Waals surface area (Å²) in [5.41, 5.74) is 5.14. The van der Waals surface area contributed by atoms with Crippen molar-refractivity contribution >= 4 is 26.9 Å². The quantitative estimate of drug-likeness (QED) is 0.252. The first-order chi connectivity index (χ1) is 20.6. The van der Waals surface area contributed by atoms with Crippen LogP contribution in [0.1, 0.15) is 58.4 Å². The number of methoxy groups -OCH3 is 2. The van der Waals surface area contributed by atoms with Crippen molar-refractivity contribution in [2.45, 2.75) is 63.2 Å². The molecule has 1 aromatic heterocycles. The van der Waals surface area contributed by atoms with Crippen molar-refractivity contribution in [3.63, 3.8) is 0 Å². The number of ether oxygens (including phenoxy) is 2. The molecular weight excluding hydrogens is 562 g/mol. The minimum absolute atomic E-state index is 0.0860. The van der Waals surface area contributed by atoms with E-state index in [9.17, 15) is 13.2 Å². The lowest BCUT2D eigenvalue weighted by Crippen LogP contribution is -2.53. The number of hydrogen-bond donors (Lipinski definition) is 0. The molecule has 0 aliphatic carbocycles. The first kappa shape index (κ1) is 29.4. The van der Waals surface area contributed by atoms with Gasteiger partial charge in [-0.1, -0.05) is 29.8 Å². The van der Waals surface area contributed by atoms with E-state index in [1.165, 1.54) is 17.5 Å². The van der Waals surface area contributed by atoms with E-state index in [-0.39, 0.29) is 16.9 Å². The Morgan fingerprint density at radius 2 is 1.67 bits per heavy atom. The summed E-state index contributed by atoms with van der Waals surface area (Å²) < 4.78 is 39.8. The molecule has 3 atom stereocenters. The van der Waals surface area contributed by atoms with Gasteiger partial charge in [-0.15, -0.1) is 0 Å². The number of carbonyl (C=O) groups excluding carboxylic acids is 1. The minimum atomic E-state index is -3.80. The molecule has 0 spiro atoms. The number of aromatic nitrogens is 1. The highest BCUT2D eigenvalue weighted by Gasteiger charge is 2.40. The zero-order valence-corrected chi connectivity index (χ0v) is 26.2. The third-order valence-electron chi connectivity index (χ3n) is 9.29. The first-order valence-electron chi connectivity index (χ1n) is 14.8. The maximum Gasteiger partial charge on any atom is 0.337 e. The Kier molecular flexibility index (Phi) is 7.83. The zero-order chi connectivity index (χ0) is 30.5. The van der Waals surface area contributed by atoms with Gasteiger partial charge in [-0.05, 0) is 81.1 Å². The van der Waals surface area contributed by atoms with Crippen LogP contribution in [-0.4, -0.2) is 67.6 Å². The lowest BCUT2D eigenvalue weighted by molar-refractivity contribution is 0.0285. The van der Waals surface area contributed by atoms with Gasteiger partial charge in [0.2, 0.25) is 0 Å². The monoisotopic (exact) mass is 601 g/mol. The number of piperazine rings is 1. The molecule has 3 heterocycles. The van der Waals surface area contributed by atoms with Gasteiger partial charge in [-0.25, -0.2) is 17.2 Å². The van der Waals surface area contributed by atoms with Gasteiger partial charge < -0.3 is 9.47 Å². The predicted molar refractivity (Wildman–Crippen MR) is 167 cm³/mol. The first-order valence-corrected chi connectivity index (χ1v) is 16.2. The van der Waals surface area contributed by atoms with Crippen LogP contribution in [0, 0.1) is 13.8 Å². The van der Waals surface area contributed by atoms with Gasteiger partial charge in [0, 0.05) is 54.9 Å². The van der Waals surface area contributed by atoms with Gasteiger partial charge >= 0.3 is 5.97 Å². The molecule has 1 unspecified atom stereocenters. The van der Waals surface area contributed by atoms with Crippen molar-refractivity contribution in [1.29, 1.82) is 0 Å². The molecule has 2 fully saturated rings. The predicted octanol–water partition coefficient (Wildman–Crippen LogP) is 5.70. The fraction of sp³-hybridized carbons (Fsp3) is 0.382. The molecule has 0 radical (unpaired) electrons. The largest absolute Gasteiger partial charge is 0.496 e. The maximum absolute atomic E-state index is 13.8. The van der Waals surface area contributed by atoms with Crippen molar-refractivity contribution in [2.24, 2.45) is 0 Å². The average molecular weight is 602 g/mol. The second-order valence-electron chi connectivity index (χ2n) is 11.9. The Morgan fingerprint density at radius 1 is 0.953 bits per heavy atom. The van der Waals surface area contributed by atoms with Crippen LogP contribution in [0.25, 0.3) is 10.9 Å². The third kappa shape index (κ3) is 5.24. The highest BCUT2D eigenvalue weighted by atomic mass is 32.2. The summed E-state index contributed by atoms with van der Waals surface area (Å²) in [4.78, 5) is 17.5. The van der Waals surface area contributed by atoms with Crippen molar-refractivity contribution in [3.8, 4) is 5.75 Å². The Balaban J connectivity index is 1.42. The lowest BCUT2D eigenvalue weighted by atomic mass is 9.96. The van der Waals surface area contributed by atoms with Gasteiger partial charge in [0.1, 0.15) is 5.75 Å². The molecule has 3 aromatic carbocycles. The topological polar surface area (TPSA) is 81.1 Å². The third-order valence-corrected chi connectivity index (χ3v) is 11.0. The molecule has 43 heavy (non-hydrogen) atoms. The summed E-state index contributed by atoms with van der Waals surface area (Å²) in [5, 5.41) is 0.870. The number of esters is 1. The second kappa shape index (κ2) is 11.4. The molecule has 0 N–H and O–H groups in total. The normalized spacial score (nSPS) is 21.2. The molecule has 8 nitrogen and oxygen atoms in total. The maximum atomic E-state index is 13.8. The van der Waals surface area contributed by atoms with Crippen LogP contribution in [0.4, 0.5) is 0 Å². The van der Waals surface area contributed by atoms with E-state index in [1.807, 2.05) is 62.4 Å². The van der Waals surface area contributed by atoms with Gasteiger partial charge in [-0.3, -0.25) is 9.80 Å². The average Bonchev–Trinajstić information content (AvgIpc) is 3.63. The molecule has 2 aliphatic heterocycles. The van der Waals surface area contributed by atoms with Crippen molar-refractivity contribution in [3.05, 3.63) is 94.7 Å². The summed E-state index contributed by atoms with van der Waals surface area (Å²) in [6.07, 6.45) is 3.98. The molecule has 226 valence electrons. The zero-order valence-electron chi connectivity index (χ0n) is 25.4. The number of nitrogens with zero attached hydrogens (tertiary/aromatic N) is 3. The van der Waals surface area contributed by atoms with E-state index in [4.69, 9.17) is 9.47 Å². The van der Waals surface area contributed by atoms with Crippen LogP contribution in [0.5, 0.6) is 5.75 Å². The molecule has 0 amide bonds. The van der Waals surface area contributed by atoms with Crippen LogP contribution >= 0.6 is 0 Å². The summed E-state index contributed by atoms with van der Waals surface area (Å²) in [6.45, 7) is 8.53. The van der Waals surface area contributed by atoms with Gasteiger partial charge in [0.05, 0.1) is 30.2 Å². The Labute approximate surface area is 253 Å². The summed E-state index contributed by atoms with van der Waals surface area (Å²) in [6, 6.07) is 19.6. The Bertz CT molecular complexity index is 1760. The standard InChI is InChI=1S/C34H39N3O5S/c1-22-6-14-28(15-7-22)43(39,40)37-17-16-29-30(32(41-4)18-23(2)33(29)37)20-35-19-27-13-8-24(3)36(27)21-31(35)25-9-11-26(12-10-25)34(38)42-5/h6-7,9-12,14-18,24,27,31H,8,13,19-21H2,1-5H3/t24-,27-,31?/m0/s1. The van der Waals surface area contributed by atoms with Crippen LogP contribution in [0.3, 0.4) is 0 Å². The summed E-state index contributed by atoms with van der Waals surface area (Å²) in [7, 11) is -0.736. The highest BCUT2D eigenvalue weighted by Crippen LogP contribution is 2.40. The Hall–Kier alpha value is -3.66. The highest BCUT2D eigenvalue weighted by molar-refractivity contribution is 7.90. The Morgan fingerprint density at radius 3 is 2.35 bits per heavy atom. The fourth-order valence-electron chi connectivity index (χ4n) is 6.91. The van der Waals surface area contributed by atoms with Gasteiger partial charge in [0.15, 0.2) is 0 Å². The molecule has 2 saturated heterocycles. The molecule has 0 bridgehead atoms. The van der Waals surface area contributed by atoms with Crippen molar-refractivity contribution < 1.29 is 22.7 Å². The van der Waals surface area contributed by atoms with E-state index < -0.39 is 10.0 Å². The lowest BCUT2D eigenvalue weighted by Gasteiger charge is -2.45. The van der Waals surface area contributed by atoms with Crippen LogP contribution < -0.4 is 4.74 Å². The van der Waals surface area contributed by atoms with Crippen LogP contribution in [0.2, 0.25) is 0 Å². The number of aryl methyl sites for hydroxylation is 2. The van der Waals surface area contributed by atoms with Crippen molar-refractivity contribution in [2.75, 3.05) is 27.3 Å². The molecule has 9 heteroatoms. The smallest absolute Gasteiger partial charge is 0.337 e. The van der Waals surface area contributed by atoms with Crippen molar-refractivity contribution in [1.82, 2.24) is 13.8 Å². The molecule has 6 rings (SSSR count). The van der Waals surface area contributed by atoms with Gasteiger partial charge in [-0.2, -0.15) is 0 Å². The number of benzene rings is 3. The van der Waals surface area contributed by atoms with Gasteiger partial charge in [0.25, 0.3) is 10.0 Å².